The molecule has 49 heavy (non-hydrogen) atoms. The zero-order valence-electron chi connectivity index (χ0n) is 27.6. The van der Waals surface area contributed by atoms with Crippen LogP contribution in [0.5, 0.6) is 11.5 Å². The fourth-order valence-corrected chi connectivity index (χ4v) is 5.53. The molecule has 16 heteroatoms. The van der Waals surface area contributed by atoms with Gasteiger partial charge in [-0.25, -0.2) is 0 Å². The van der Waals surface area contributed by atoms with Crippen molar-refractivity contribution in [1.29, 1.82) is 0 Å². The highest BCUT2D eigenvalue weighted by molar-refractivity contribution is 9.10. The minimum atomic E-state index is -0.142. The van der Waals surface area contributed by atoms with Crippen LogP contribution in [0.4, 0.5) is 0 Å². The van der Waals surface area contributed by atoms with E-state index in [9.17, 15) is 9.59 Å². The Kier molecular flexibility index (Phi) is 16.4. The molecule has 2 aromatic carbocycles. The highest BCUT2D eigenvalue weighted by Gasteiger charge is 2.29. The van der Waals surface area contributed by atoms with Gasteiger partial charge < -0.3 is 47.9 Å². The molecule has 1 aliphatic rings. The third-order valence-corrected chi connectivity index (χ3v) is 8.20. The number of hydrogen-bond donors (Lipinski definition) is 1. The summed E-state index contributed by atoms with van der Waals surface area (Å²) in [7, 11) is 1.58. The fraction of sp³-hybridized carbons (Fsp3) is 0.515. The van der Waals surface area contributed by atoms with Gasteiger partial charge in [0, 0.05) is 48.3 Å². The molecule has 0 atom stereocenters. The number of rotatable bonds is 22. The number of nitrogens with one attached hydrogen (secondary N) is 1. The molecule has 2 heterocycles. The van der Waals surface area contributed by atoms with Crippen LogP contribution < -0.4 is 9.47 Å². The van der Waals surface area contributed by atoms with Gasteiger partial charge in [-0.1, -0.05) is 17.2 Å². The van der Waals surface area contributed by atoms with Gasteiger partial charge in [0.2, 0.25) is 0 Å². The van der Waals surface area contributed by atoms with Gasteiger partial charge in [-0.05, 0) is 45.7 Å². The Balaban J connectivity index is 1.08. The van der Waals surface area contributed by atoms with Crippen molar-refractivity contribution >= 4 is 38.6 Å². The van der Waals surface area contributed by atoms with Crippen LogP contribution in [0.15, 0.2) is 52.2 Å². The quantitative estimate of drug-likeness (QED) is 0.0681. The van der Waals surface area contributed by atoms with Gasteiger partial charge in [0.05, 0.1) is 95.2 Å². The molecule has 1 aliphatic heterocycles. The van der Waals surface area contributed by atoms with E-state index in [4.69, 9.17) is 38.7 Å². The van der Waals surface area contributed by atoms with Crippen molar-refractivity contribution in [2.75, 3.05) is 113 Å². The first kappa shape index (κ1) is 37.9. The number of amides is 2. The second-order valence-corrected chi connectivity index (χ2v) is 11.5. The van der Waals surface area contributed by atoms with Gasteiger partial charge in [-0.2, -0.15) is 0 Å². The molecule has 0 spiro atoms. The molecule has 4 rings (SSSR count). The van der Waals surface area contributed by atoms with E-state index in [1.54, 1.807) is 41.3 Å². The molecule has 3 aromatic rings. The minimum absolute atomic E-state index is 0.113. The van der Waals surface area contributed by atoms with Gasteiger partial charge in [-0.15, -0.1) is 0 Å². The number of ether oxygens (including phenoxy) is 7. The summed E-state index contributed by atoms with van der Waals surface area (Å²) in [6.07, 6.45) is 1.71. The molecule has 266 valence electrons. The van der Waals surface area contributed by atoms with Gasteiger partial charge >= 0.3 is 0 Å². The standard InChI is InChI=1S/C33H43BrN6O9/c1-43-29-7-6-27(34)31-30(29)26(24-36-31)33(42)40-11-9-39(10-12-40)32(41)25-4-2-3-5-28(25)49-23-22-48-21-20-47-19-18-46-17-16-45-15-14-44-13-8-37-38-35/h2-7,24,36H,8-23H2,1H3. The van der Waals surface area contributed by atoms with Gasteiger partial charge in [-0.3, -0.25) is 9.59 Å². The number of fused-ring (bicyclic) bond motifs is 1. The molecule has 1 N–H and O–H groups in total. The Labute approximate surface area is 293 Å². The van der Waals surface area contributed by atoms with E-state index in [0.29, 0.717) is 121 Å². The molecule has 0 saturated carbocycles. The molecule has 15 nitrogen and oxygen atoms in total. The molecular weight excluding hydrogens is 704 g/mol. The summed E-state index contributed by atoms with van der Waals surface area (Å²) >= 11 is 3.53. The number of carbonyl (C=O) groups excluding carboxylic acids is 2. The normalized spacial score (nSPS) is 13.0. The Morgan fingerprint density at radius 3 is 1.86 bits per heavy atom. The zero-order valence-corrected chi connectivity index (χ0v) is 29.2. The average Bonchev–Trinajstić information content (AvgIpc) is 3.59. The third kappa shape index (κ3) is 11.6. The number of hydrogen-bond acceptors (Lipinski definition) is 10. The second-order valence-electron chi connectivity index (χ2n) is 10.6. The van der Waals surface area contributed by atoms with Crippen molar-refractivity contribution in [1.82, 2.24) is 14.8 Å². The lowest BCUT2D eigenvalue weighted by Gasteiger charge is -2.35. The van der Waals surface area contributed by atoms with Crippen LogP contribution in [0.2, 0.25) is 0 Å². The number of piperazine rings is 1. The smallest absolute Gasteiger partial charge is 0.257 e. The number of methoxy groups -OCH3 is 1. The van der Waals surface area contributed by atoms with E-state index in [-0.39, 0.29) is 18.4 Å². The fourth-order valence-electron chi connectivity index (χ4n) is 5.09. The lowest BCUT2D eigenvalue weighted by molar-refractivity contribution is -0.0122. The maximum absolute atomic E-state index is 13.5. The van der Waals surface area contributed by atoms with E-state index < -0.39 is 0 Å². The summed E-state index contributed by atoms with van der Waals surface area (Å²) in [5.74, 6) is 0.851. The highest BCUT2D eigenvalue weighted by Crippen LogP contribution is 2.34. The number of aromatic amines is 1. The van der Waals surface area contributed by atoms with Crippen molar-refractivity contribution in [3.8, 4) is 11.5 Å². The van der Waals surface area contributed by atoms with Gasteiger partial charge in [0.15, 0.2) is 0 Å². The average molecular weight is 748 g/mol. The third-order valence-electron chi connectivity index (χ3n) is 7.54. The molecule has 1 fully saturated rings. The maximum Gasteiger partial charge on any atom is 0.257 e. The van der Waals surface area contributed by atoms with E-state index >= 15 is 0 Å². The maximum atomic E-state index is 13.5. The van der Waals surface area contributed by atoms with E-state index in [1.165, 1.54) is 0 Å². The van der Waals surface area contributed by atoms with Gasteiger partial charge in [0.1, 0.15) is 18.1 Å². The highest BCUT2D eigenvalue weighted by atomic mass is 79.9. The number of azide groups is 1. The molecule has 0 unspecified atom stereocenters. The van der Waals surface area contributed by atoms with Crippen molar-refractivity contribution in [3.63, 3.8) is 0 Å². The number of H-pyrrole nitrogens is 1. The second kappa shape index (κ2) is 21.3. The first-order valence-corrected chi connectivity index (χ1v) is 16.9. The number of carbonyl (C=O) groups is 2. The SMILES string of the molecule is COc1ccc(Br)c2[nH]cc(C(=O)N3CCN(C(=O)c4ccccc4OCCOCCOCCOCCOCCOCCN=[N+]=[N-])CC3)c12. The van der Waals surface area contributed by atoms with E-state index in [2.05, 4.69) is 30.9 Å². The Morgan fingerprint density at radius 2 is 1.29 bits per heavy atom. The summed E-state index contributed by atoms with van der Waals surface area (Å²) in [6, 6.07) is 10.9. The van der Waals surface area contributed by atoms with Crippen LogP contribution in [0.1, 0.15) is 20.7 Å². The van der Waals surface area contributed by atoms with Crippen molar-refractivity contribution in [2.45, 2.75) is 0 Å². The molecule has 2 amide bonds. The summed E-state index contributed by atoms with van der Waals surface area (Å²) in [5.41, 5.74) is 9.98. The molecule has 1 saturated heterocycles. The molecule has 0 bridgehead atoms. The van der Waals surface area contributed by atoms with Crippen molar-refractivity contribution < 1.29 is 42.7 Å². The molecule has 1 aromatic heterocycles. The minimum Gasteiger partial charge on any atom is -0.496 e. The lowest BCUT2D eigenvalue weighted by Crippen LogP contribution is -2.50. The topological polar surface area (TPSA) is 170 Å². The first-order chi connectivity index (χ1) is 24.0. The number of nitrogens with zero attached hydrogens (tertiary/aromatic N) is 5. The Hall–Kier alpha value is -3.89. The number of aromatic nitrogens is 1. The predicted octanol–water partition coefficient (Wildman–Crippen LogP) is 4.31. The van der Waals surface area contributed by atoms with Crippen LogP contribution in [-0.4, -0.2) is 139 Å². The monoisotopic (exact) mass is 746 g/mol. The van der Waals surface area contributed by atoms with Crippen molar-refractivity contribution in [3.05, 3.63) is 68.6 Å². The van der Waals surface area contributed by atoms with Crippen LogP contribution in [0.25, 0.3) is 21.3 Å². The molecule has 0 radical (unpaired) electrons. The van der Waals surface area contributed by atoms with Crippen LogP contribution in [0.3, 0.4) is 0 Å². The van der Waals surface area contributed by atoms with E-state index in [1.807, 2.05) is 18.2 Å². The summed E-state index contributed by atoms with van der Waals surface area (Å²) in [5, 5.41) is 4.11. The first-order valence-electron chi connectivity index (χ1n) is 16.1. The molecular formula is C33H43BrN6O9. The van der Waals surface area contributed by atoms with Crippen LogP contribution in [-0.2, 0) is 23.7 Å². The summed E-state index contributed by atoms with van der Waals surface area (Å²) in [4.78, 5) is 36.3. The van der Waals surface area contributed by atoms with E-state index in [0.717, 1.165) is 15.4 Å². The van der Waals surface area contributed by atoms with Gasteiger partial charge in [0.25, 0.3) is 11.8 Å². The van der Waals surface area contributed by atoms with Crippen LogP contribution >= 0.6 is 15.9 Å². The summed E-state index contributed by atoms with van der Waals surface area (Å²) < 4.78 is 39.5. The number of para-hydroxylation sites is 1. The number of halogens is 1. The lowest BCUT2D eigenvalue weighted by atomic mass is 10.1. The predicted molar refractivity (Wildman–Crippen MR) is 184 cm³/mol. The zero-order chi connectivity index (χ0) is 34.7. The largest absolute Gasteiger partial charge is 0.496 e. The number of benzene rings is 2. The van der Waals surface area contributed by atoms with Crippen LogP contribution in [0, 0.1) is 0 Å². The van der Waals surface area contributed by atoms with Crippen molar-refractivity contribution in [2.24, 2.45) is 5.11 Å². The summed E-state index contributed by atoms with van der Waals surface area (Å²) in [6.45, 7) is 6.43. The Bertz CT molecular complexity index is 1530. The molecule has 0 aliphatic carbocycles. The Morgan fingerprint density at radius 1 is 0.755 bits per heavy atom.